The Hall–Kier alpha value is -1.69. The molecule has 0 unspecified atom stereocenters. The fraction of sp³-hybridized carbons (Fsp3) is 0.429. The SMILES string of the molecule is CCNc1nc(C2CC2)nc(Sc2ccncn2)c1C. The molecule has 0 bridgehead atoms. The maximum Gasteiger partial charge on any atom is 0.135 e. The summed E-state index contributed by atoms with van der Waals surface area (Å²) in [6.45, 7) is 4.99. The molecule has 0 spiro atoms. The van der Waals surface area contributed by atoms with Crippen molar-refractivity contribution in [3.05, 3.63) is 30.0 Å². The van der Waals surface area contributed by atoms with E-state index in [4.69, 9.17) is 4.98 Å². The zero-order valence-electron chi connectivity index (χ0n) is 11.6. The number of hydrogen-bond acceptors (Lipinski definition) is 6. The van der Waals surface area contributed by atoms with Crippen LogP contribution in [0.5, 0.6) is 0 Å². The molecule has 2 aromatic rings. The van der Waals surface area contributed by atoms with Crippen molar-refractivity contribution in [2.45, 2.75) is 42.7 Å². The Kier molecular flexibility index (Phi) is 3.82. The molecule has 20 heavy (non-hydrogen) atoms. The second-order valence-corrected chi connectivity index (χ2v) is 5.82. The van der Waals surface area contributed by atoms with Gasteiger partial charge in [-0.3, -0.25) is 0 Å². The van der Waals surface area contributed by atoms with Gasteiger partial charge in [-0.1, -0.05) is 0 Å². The Balaban J connectivity index is 1.95. The Bertz CT molecular complexity index is 598. The van der Waals surface area contributed by atoms with Crippen molar-refractivity contribution in [3.63, 3.8) is 0 Å². The van der Waals surface area contributed by atoms with Gasteiger partial charge in [0.1, 0.15) is 28.0 Å². The number of aromatic nitrogens is 4. The molecular weight excluding hydrogens is 270 g/mol. The van der Waals surface area contributed by atoms with Crippen LogP contribution in [0.1, 0.15) is 37.1 Å². The summed E-state index contributed by atoms with van der Waals surface area (Å²) in [5.41, 5.74) is 1.08. The van der Waals surface area contributed by atoms with Crippen LogP contribution in [-0.2, 0) is 0 Å². The standard InChI is InChI=1S/C14H17N5S/c1-3-16-12-9(2)14(19-13(18-12)10-4-5-10)20-11-6-7-15-8-17-11/h6-8,10H,3-5H2,1-2H3,(H,16,18,19). The number of nitrogens with one attached hydrogen (secondary N) is 1. The molecule has 6 heteroatoms. The van der Waals surface area contributed by atoms with E-state index in [0.29, 0.717) is 5.92 Å². The normalized spacial score (nSPS) is 14.3. The summed E-state index contributed by atoms with van der Waals surface area (Å²) in [6, 6.07) is 1.90. The molecule has 0 aromatic carbocycles. The molecule has 0 atom stereocenters. The predicted octanol–water partition coefficient (Wildman–Crippen LogP) is 3.04. The van der Waals surface area contributed by atoms with E-state index < -0.39 is 0 Å². The van der Waals surface area contributed by atoms with Crippen LogP contribution in [0, 0.1) is 6.92 Å². The van der Waals surface area contributed by atoms with Gasteiger partial charge in [-0.05, 0) is 44.5 Å². The molecule has 1 saturated carbocycles. The van der Waals surface area contributed by atoms with Gasteiger partial charge in [0.15, 0.2) is 0 Å². The average molecular weight is 287 g/mol. The van der Waals surface area contributed by atoms with Crippen molar-refractivity contribution in [1.82, 2.24) is 19.9 Å². The van der Waals surface area contributed by atoms with E-state index in [-0.39, 0.29) is 0 Å². The van der Waals surface area contributed by atoms with Gasteiger partial charge in [0.2, 0.25) is 0 Å². The molecule has 1 N–H and O–H groups in total. The maximum absolute atomic E-state index is 4.72. The first-order chi connectivity index (χ1) is 9.78. The lowest BCUT2D eigenvalue weighted by Crippen LogP contribution is -2.07. The van der Waals surface area contributed by atoms with E-state index in [9.17, 15) is 0 Å². The van der Waals surface area contributed by atoms with Gasteiger partial charge in [-0.25, -0.2) is 19.9 Å². The summed E-state index contributed by atoms with van der Waals surface area (Å²) in [5.74, 6) is 2.45. The van der Waals surface area contributed by atoms with Gasteiger partial charge in [0.25, 0.3) is 0 Å². The van der Waals surface area contributed by atoms with Crippen LogP contribution in [0.2, 0.25) is 0 Å². The molecule has 0 radical (unpaired) electrons. The fourth-order valence-electron chi connectivity index (χ4n) is 1.91. The van der Waals surface area contributed by atoms with E-state index in [1.807, 2.05) is 6.07 Å². The minimum absolute atomic E-state index is 0.540. The van der Waals surface area contributed by atoms with Gasteiger partial charge < -0.3 is 5.32 Å². The van der Waals surface area contributed by atoms with E-state index >= 15 is 0 Å². The summed E-state index contributed by atoms with van der Waals surface area (Å²) in [5, 5.41) is 5.22. The van der Waals surface area contributed by atoms with Crippen LogP contribution < -0.4 is 5.32 Å². The molecule has 1 aliphatic rings. The van der Waals surface area contributed by atoms with Gasteiger partial charge in [-0.15, -0.1) is 0 Å². The van der Waals surface area contributed by atoms with Crippen molar-refractivity contribution in [2.24, 2.45) is 0 Å². The van der Waals surface area contributed by atoms with E-state index in [2.05, 4.69) is 34.1 Å². The van der Waals surface area contributed by atoms with Crippen LogP contribution in [0.15, 0.2) is 28.6 Å². The number of hydrogen-bond donors (Lipinski definition) is 1. The van der Waals surface area contributed by atoms with Gasteiger partial charge in [0, 0.05) is 24.2 Å². The maximum atomic E-state index is 4.72. The van der Waals surface area contributed by atoms with Crippen LogP contribution >= 0.6 is 11.8 Å². The Morgan fingerprint density at radius 1 is 1.35 bits per heavy atom. The zero-order chi connectivity index (χ0) is 13.9. The Morgan fingerprint density at radius 2 is 2.20 bits per heavy atom. The van der Waals surface area contributed by atoms with Gasteiger partial charge in [-0.2, -0.15) is 0 Å². The largest absolute Gasteiger partial charge is 0.370 e. The van der Waals surface area contributed by atoms with Crippen LogP contribution in [0.25, 0.3) is 0 Å². The van der Waals surface area contributed by atoms with Gasteiger partial charge >= 0.3 is 0 Å². The number of rotatable bonds is 5. The number of anilines is 1. The minimum Gasteiger partial charge on any atom is -0.370 e. The first-order valence-electron chi connectivity index (χ1n) is 6.84. The van der Waals surface area contributed by atoms with Crippen molar-refractivity contribution in [3.8, 4) is 0 Å². The molecule has 3 rings (SSSR count). The molecule has 2 heterocycles. The highest BCUT2D eigenvalue weighted by atomic mass is 32.2. The van der Waals surface area contributed by atoms with Crippen molar-refractivity contribution in [2.75, 3.05) is 11.9 Å². The third-order valence-electron chi connectivity index (χ3n) is 3.16. The minimum atomic E-state index is 0.540. The lowest BCUT2D eigenvalue weighted by Gasteiger charge is -2.12. The van der Waals surface area contributed by atoms with Crippen LogP contribution in [0.4, 0.5) is 5.82 Å². The molecule has 0 saturated heterocycles. The van der Waals surface area contributed by atoms with Crippen molar-refractivity contribution < 1.29 is 0 Å². The quantitative estimate of drug-likeness (QED) is 0.853. The molecule has 0 amide bonds. The summed E-state index contributed by atoms with van der Waals surface area (Å²) in [6.07, 6.45) is 5.71. The molecular formula is C14H17N5S. The summed E-state index contributed by atoms with van der Waals surface area (Å²) < 4.78 is 0. The smallest absolute Gasteiger partial charge is 0.135 e. The van der Waals surface area contributed by atoms with Crippen LogP contribution in [0.3, 0.4) is 0 Å². The molecule has 2 aromatic heterocycles. The predicted molar refractivity (Wildman–Crippen MR) is 79.1 cm³/mol. The Labute approximate surface area is 122 Å². The first-order valence-corrected chi connectivity index (χ1v) is 7.66. The van der Waals surface area contributed by atoms with Gasteiger partial charge in [0.05, 0.1) is 0 Å². The fourth-order valence-corrected chi connectivity index (χ4v) is 2.73. The third-order valence-corrected chi connectivity index (χ3v) is 4.20. The summed E-state index contributed by atoms with van der Waals surface area (Å²) in [4.78, 5) is 17.6. The summed E-state index contributed by atoms with van der Waals surface area (Å²) in [7, 11) is 0. The lowest BCUT2D eigenvalue weighted by atomic mass is 10.3. The Morgan fingerprint density at radius 3 is 2.85 bits per heavy atom. The first kappa shape index (κ1) is 13.3. The monoisotopic (exact) mass is 287 g/mol. The number of nitrogens with zero attached hydrogens (tertiary/aromatic N) is 4. The molecule has 1 fully saturated rings. The molecule has 104 valence electrons. The molecule has 0 aliphatic heterocycles. The molecule has 5 nitrogen and oxygen atoms in total. The average Bonchev–Trinajstić information content (AvgIpc) is 3.29. The van der Waals surface area contributed by atoms with Crippen molar-refractivity contribution >= 4 is 17.6 Å². The van der Waals surface area contributed by atoms with E-state index in [0.717, 1.165) is 33.8 Å². The zero-order valence-corrected chi connectivity index (χ0v) is 12.4. The van der Waals surface area contributed by atoms with E-state index in [1.165, 1.54) is 12.8 Å². The molecule has 1 aliphatic carbocycles. The second-order valence-electron chi connectivity index (χ2n) is 4.81. The lowest BCUT2D eigenvalue weighted by molar-refractivity contribution is 0.859. The van der Waals surface area contributed by atoms with Crippen molar-refractivity contribution in [1.29, 1.82) is 0 Å². The van der Waals surface area contributed by atoms with E-state index in [1.54, 1.807) is 24.3 Å². The highest BCUT2D eigenvalue weighted by Gasteiger charge is 2.28. The second kappa shape index (κ2) is 5.75. The highest BCUT2D eigenvalue weighted by Crippen LogP contribution is 2.40. The topological polar surface area (TPSA) is 63.6 Å². The summed E-state index contributed by atoms with van der Waals surface area (Å²) >= 11 is 1.57. The third kappa shape index (κ3) is 2.90. The highest BCUT2D eigenvalue weighted by molar-refractivity contribution is 7.99. The van der Waals surface area contributed by atoms with Crippen LogP contribution in [-0.4, -0.2) is 26.5 Å².